The Labute approximate surface area is 108 Å². The van der Waals surface area contributed by atoms with Crippen molar-refractivity contribution in [2.24, 2.45) is 0 Å². The maximum atomic E-state index is 12.0. The van der Waals surface area contributed by atoms with Crippen LogP contribution in [-0.4, -0.2) is 36.7 Å². The van der Waals surface area contributed by atoms with Gasteiger partial charge in [0.2, 0.25) is 10.0 Å². The number of rotatable bonds is 5. The summed E-state index contributed by atoms with van der Waals surface area (Å²) in [6.07, 6.45) is 2.06. The third kappa shape index (κ3) is 2.41. The van der Waals surface area contributed by atoms with Gasteiger partial charge in [-0.25, -0.2) is 17.9 Å². The van der Waals surface area contributed by atoms with Crippen molar-refractivity contribution < 1.29 is 23.4 Å². The van der Waals surface area contributed by atoms with Crippen LogP contribution in [-0.2, 0) is 10.0 Å². The molecule has 0 amide bonds. The lowest BCUT2D eigenvalue weighted by Crippen LogP contribution is -2.55. The Morgan fingerprint density at radius 1 is 1.50 bits per heavy atom. The van der Waals surface area contributed by atoms with E-state index >= 15 is 0 Å². The zero-order valence-electron chi connectivity index (χ0n) is 9.42. The molecule has 0 radical (unpaired) electrons. The third-order valence-electron chi connectivity index (χ3n) is 3.06. The standard InChI is InChI=1S/C10H13NO5S2/c12-6-10(2-1-3-10)11-18(15,16)7-4-8(9(13)14)17-5-7/h4-5,11-12H,1-3,6H2,(H,13,14). The fourth-order valence-electron chi connectivity index (χ4n) is 1.81. The number of hydrogen-bond acceptors (Lipinski definition) is 5. The van der Waals surface area contributed by atoms with Crippen molar-refractivity contribution in [2.45, 2.75) is 29.7 Å². The average molecular weight is 291 g/mol. The Balaban J connectivity index is 2.22. The van der Waals surface area contributed by atoms with Crippen molar-refractivity contribution in [3.8, 4) is 0 Å². The van der Waals surface area contributed by atoms with Crippen LogP contribution in [0.1, 0.15) is 28.9 Å². The highest BCUT2D eigenvalue weighted by atomic mass is 32.2. The van der Waals surface area contributed by atoms with E-state index in [-0.39, 0.29) is 16.4 Å². The zero-order valence-corrected chi connectivity index (χ0v) is 11.1. The fourth-order valence-corrected chi connectivity index (χ4v) is 4.37. The Bertz CT molecular complexity index is 553. The Hall–Kier alpha value is -0.960. The van der Waals surface area contributed by atoms with Gasteiger partial charge in [0.15, 0.2) is 0 Å². The van der Waals surface area contributed by atoms with Gasteiger partial charge in [-0.2, -0.15) is 0 Å². The largest absolute Gasteiger partial charge is 0.477 e. The summed E-state index contributed by atoms with van der Waals surface area (Å²) in [7, 11) is -3.77. The van der Waals surface area contributed by atoms with Gasteiger partial charge >= 0.3 is 5.97 Å². The summed E-state index contributed by atoms with van der Waals surface area (Å²) in [6.45, 7) is -0.248. The number of hydrogen-bond donors (Lipinski definition) is 3. The minimum absolute atomic E-state index is 0.0259. The number of nitrogens with one attached hydrogen (secondary N) is 1. The molecular formula is C10H13NO5S2. The summed E-state index contributed by atoms with van der Waals surface area (Å²) < 4.78 is 26.5. The predicted octanol–water partition coefficient (Wildman–Crippen LogP) is 0.640. The molecule has 1 aromatic heterocycles. The van der Waals surface area contributed by atoms with E-state index in [2.05, 4.69) is 4.72 Å². The molecule has 0 saturated heterocycles. The Morgan fingerprint density at radius 2 is 2.17 bits per heavy atom. The lowest BCUT2D eigenvalue weighted by atomic mass is 9.78. The van der Waals surface area contributed by atoms with Crippen LogP contribution in [0.25, 0.3) is 0 Å². The normalized spacial score (nSPS) is 18.3. The average Bonchev–Trinajstić information content (AvgIpc) is 2.73. The molecular weight excluding hydrogens is 278 g/mol. The number of carboxylic acid groups (broad SMARTS) is 1. The number of carbonyl (C=O) groups is 1. The molecule has 3 N–H and O–H groups in total. The lowest BCUT2D eigenvalue weighted by Gasteiger charge is -2.40. The first-order valence-electron chi connectivity index (χ1n) is 5.35. The summed E-state index contributed by atoms with van der Waals surface area (Å²) in [4.78, 5) is 10.6. The number of aliphatic hydroxyl groups excluding tert-OH is 1. The number of aliphatic hydroxyl groups is 1. The molecule has 1 aliphatic carbocycles. The summed E-state index contributed by atoms with van der Waals surface area (Å²) in [6, 6.07) is 1.12. The van der Waals surface area contributed by atoms with Crippen LogP contribution in [0.2, 0.25) is 0 Å². The van der Waals surface area contributed by atoms with Crippen molar-refractivity contribution in [1.29, 1.82) is 0 Å². The second-order valence-corrected chi connectivity index (χ2v) is 6.94. The molecule has 1 aliphatic rings. The van der Waals surface area contributed by atoms with Crippen LogP contribution in [0, 0.1) is 0 Å². The first-order valence-corrected chi connectivity index (χ1v) is 7.71. The predicted molar refractivity (Wildman–Crippen MR) is 65.3 cm³/mol. The van der Waals surface area contributed by atoms with Crippen molar-refractivity contribution >= 4 is 27.3 Å². The number of carboxylic acids is 1. The molecule has 1 heterocycles. The van der Waals surface area contributed by atoms with E-state index in [4.69, 9.17) is 5.11 Å². The van der Waals surface area contributed by atoms with Crippen LogP contribution in [0.5, 0.6) is 0 Å². The lowest BCUT2D eigenvalue weighted by molar-refractivity contribution is 0.0702. The molecule has 0 bridgehead atoms. The molecule has 18 heavy (non-hydrogen) atoms. The van der Waals surface area contributed by atoms with Crippen LogP contribution in [0.15, 0.2) is 16.3 Å². The first kappa shape index (κ1) is 13.5. The summed E-state index contributed by atoms with van der Waals surface area (Å²) in [5.74, 6) is -1.15. The van der Waals surface area contributed by atoms with Gasteiger partial charge in [0.1, 0.15) is 4.88 Å². The third-order valence-corrected chi connectivity index (χ3v) is 5.69. The molecule has 0 aliphatic heterocycles. The summed E-state index contributed by atoms with van der Waals surface area (Å²) >= 11 is 0.863. The second kappa shape index (κ2) is 4.61. The number of sulfonamides is 1. The van der Waals surface area contributed by atoms with Crippen LogP contribution in [0.4, 0.5) is 0 Å². The van der Waals surface area contributed by atoms with Crippen LogP contribution < -0.4 is 4.72 Å². The van der Waals surface area contributed by atoms with Gasteiger partial charge in [-0.3, -0.25) is 0 Å². The van der Waals surface area contributed by atoms with E-state index in [9.17, 15) is 18.3 Å². The topological polar surface area (TPSA) is 104 Å². The van der Waals surface area contributed by atoms with Gasteiger partial charge in [0, 0.05) is 5.38 Å². The SMILES string of the molecule is O=C(O)c1cc(S(=O)(=O)NC2(CO)CCC2)cs1. The molecule has 2 rings (SSSR count). The van der Waals surface area contributed by atoms with E-state index in [0.29, 0.717) is 12.8 Å². The maximum Gasteiger partial charge on any atom is 0.345 e. The quantitative estimate of drug-likeness (QED) is 0.738. The minimum atomic E-state index is -3.77. The monoisotopic (exact) mass is 291 g/mol. The van der Waals surface area contributed by atoms with Gasteiger partial charge in [0.25, 0.3) is 0 Å². The van der Waals surface area contributed by atoms with Crippen LogP contribution >= 0.6 is 11.3 Å². The second-order valence-electron chi connectivity index (χ2n) is 4.35. The van der Waals surface area contributed by atoms with Gasteiger partial charge in [-0.15, -0.1) is 11.3 Å². The summed E-state index contributed by atoms with van der Waals surface area (Å²) in [5, 5.41) is 19.3. The van der Waals surface area contributed by atoms with E-state index < -0.39 is 21.5 Å². The molecule has 0 aromatic carbocycles. The first-order chi connectivity index (χ1) is 8.38. The van der Waals surface area contributed by atoms with E-state index in [1.54, 1.807) is 0 Å². The van der Waals surface area contributed by atoms with E-state index in [1.807, 2.05) is 0 Å². The van der Waals surface area contributed by atoms with E-state index in [0.717, 1.165) is 23.8 Å². The van der Waals surface area contributed by atoms with Crippen molar-refractivity contribution in [3.05, 3.63) is 16.3 Å². The fraction of sp³-hybridized carbons (Fsp3) is 0.500. The van der Waals surface area contributed by atoms with Crippen molar-refractivity contribution in [1.82, 2.24) is 4.72 Å². The zero-order chi connectivity index (χ0) is 13.4. The van der Waals surface area contributed by atoms with Crippen molar-refractivity contribution in [2.75, 3.05) is 6.61 Å². The van der Waals surface area contributed by atoms with Gasteiger partial charge in [-0.05, 0) is 25.3 Å². The molecule has 8 heteroatoms. The van der Waals surface area contributed by atoms with E-state index in [1.165, 1.54) is 5.38 Å². The Kier molecular flexibility index (Phi) is 3.45. The molecule has 0 atom stereocenters. The molecule has 0 spiro atoms. The molecule has 1 fully saturated rings. The van der Waals surface area contributed by atoms with Crippen molar-refractivity contribution in [3.63, 3.8) is 0 Å². The highest BCUT2D eigenvalue weighted by Gasteiger charge is 2.40. The maximum absolute atomic E-state index is 12.0. The molecule has 6 nitrogen and oxygen atoms in total. The molecule has 1 aromatic rings. The van der Waals surface area contributed by atoms with Gasteiger partial charge < -0.3 is 10.2 Å². The minimum Gasteiger partial charge on any atom is -0.477 e. The van der Waals surface area contributed by atoms with Gasteiger partial charge in [-0.1, -0.05) is 0 Å². The molecule has 0 unspecified atom stereocenters. The van der Waals surface area contributed by atoms with Crippen LogP contribution in [0.3, 0.4) is 0 Å². The van der Waals surface area contributed by atoms with Gasteiger partial charge in [0.05, 0.1) is 17.0 Å². The smallest absolute Gasteiger partial charge is 0.345 e. The highest BCUT2D eigenvalue weighted by molar-refractivity contribution is 7.89. The molecule has 100 valence electrons. The Morgan fingerprint density at radius 3 is 2.56 bits per heavy atom. The number of aromatic carboxylic acids is 1. The molecule has 1 saturated carbocycles. The highest BCUT2D eigenvalue weighted by Crippen LogP contribution is 2.33. The summed E-state index contributed by atoms with van der Waals surface area (Å²) in [5.41, 5.74) is -0.774. The number of thiophene rings is 1.